The Morgan fingerprint density at radius 1 is 1.42 bits per heavy atom. The fourth-order valence-electron chi connectivity index (χ4n) is 1.46. The maximum atomic E-state index is 10.4. The van der Waals surface area contributed by atoms with Crippen LogP contribution in [0.25, 0.3) is 6.08 Å². The monoisotopic (exact) mass is 275 g/mol. The van der Waals surface area contributed by atoms with Crippen molar-refractivity contribution >= 4 is 23.4 Å². The van der Waals surface area contributed by atoms with Crippen LogP contribution >= 0.6 is 11.3 Å². The summed E-state index contributed by atoms with van der Waals surface area (Å²) in [4.78, 5) is 15.7. The van der Waals surface area contributed by atoms with Gasteiger partial charge in [0.25, 0.3) is 0 Å². The van der Waals surface area contributed by atoms with Crippen molar-refractivity contribution in [3.63, 3.8) is 0 Å². The fraction of sp³-hybridized carbons (Fsp3) is 0.143. The number of rotatable bonds is 6. The first-order valence-electron chi connectivity index (χ1n) is 5.76. The van der Waals surface area contributed by atoms with E-state index in [2.05, 4.69) is 11.1 Å². The summed E-state index contributed by atoms with van der Waals surface area (Å²) in [5, 5.41) is 10.5. The van der Waals surface area contributed by atoms with Gasteiger partial charge in [-0.15, -0.1) is 11.3 Å². The molecule has 0 bridgehead atoms. The van der Waals surface area contributed by atoms with Gasteiger partial charge in [-0.3, -0.25) is 4.98 Å². The lowest BCUT2D eigenvalue weighted by atomic mass is 10.3. The van der Waals surface area contributed by atoms with Crippen LogP contribution in [0.15, 0.2) is 41.9 Å². The van der Waals surface area contributed by atoms with Gasteiger partial charge in [0.15, 0.2) is 0 Å². The van der Waals surface area contributed by atoms with E-state index in [4.69, 9.17) is 9.84 Å². The summed E-state index contributed by atoms with van der Waals surface area (Å²) >= 11 is 1.71. The minimum absolute atomic E-state index is 0.591. The van der Waals surface area contributed by atoms with Gasteiger partial charge >= 0.3 is 5.97 Å². The zero-order valence-corrected chi connectivity index (χ0v) is 11.0. The van der Waals surface area contributed by atoms with E-state index in [1.807, 2.05) is 11.4 Å². The van der Waals surface area contributed by atoms with Crippen molar-refractivity contribution in [1.29, 1.82) is 0 Å². The first kappa shape index (κ1) is 13.3. The minimum Gasteiger partial charge on any atom is -0.492 e. The van der Waals surface area contributed by atoms with Crippen LogP contribution in [0.1, 0.15) is 10.6 Å². The second-order valence-electron chi connectivity index (χ2n) is 3.77. The van der Waals surface area contributed by atoms with Gasteiger partial charge in [-0.2, -0.15) is 0 Å². The largest absolute Gasteiger partial charge is 0.492 e. The summed E-state index contributed by atoms with van der Waals surface area (Å²) in [6.07, 6.45) is 4.96. The number of aromatic nitrogens is 1. The summed E-state index contributed by atoms with van der Waals surface area (Å²) < 4.78 is 5.56. The molecule has 5 heteroatoms. The third kappa shape index (κ3) is 4.56. The van der Waals surface area contributed by atoms with Gasteiger partial charge in [-0.05, 0) is 29.7 Å². The SMILES string of the molecule is O=C(O)C=Cc1ccc(OCCc2cccs2)cn1. The molecule has 0 aliphatic carbocycles. The van der Waals surface area contributed by atoms with Crippen LogP contribution in [0, 0.1) is 0 Å². The number of thiophene rings is 1. The van der Waals surface area contributed by atoms with E-state index in [9.17, 15) is 4.79 Å². The van der Waals surface area contributed by atoms with Gasteiger partial charge in [-0.25, -0.2) is 4.79 Å². The molecule has 0 unspecified atom stereocenters. The number of ether oxygens (including phenoxy) is 1. The lowest BCUT2D eigenvalue weighted by molar-refractivity contribution is -0.131. The Labute approximate surface area is 115 Å². The van der Waals surface area contributed by atoms with E-state index in [0.717, 1.165) is 12.5 Å². The predicted molar refractivity (Wildman–Crippen MR) is 74.4 cm³/mol. The van der Waals surface area contributed by atoms with Crippen LogP contribution in [-0.4, -0.2) is 22.7 Å². The molecule has 2 rings (SSSR count). The number of carboxylic acids is 1. The van der Waals surface area contributed by atoms with Crippen molar-refractivity contribution in [2.75, 3.05) is 6.61 Å². The van der Waals surface area contributed by atoms with Crippen molar-refractivity contribution in [1.82, 2.24) is 4.98 Å². The quantitative estimate of drug-likeness (QED) is 0.823. The maximum absolute atomic E-state index is 10.4. The molecule has 2 aromatic rings. The molecule has 0 atom stereocenters. The average molecular weight is 275 g/mol. The molecule has 0 aromatic carbocycles. The highest BCUT2D eigenvalue weighted by atomic mass is 32.1. The Hall–Kier alpha value is -2.14. The molecule has 0 spiro atoms. The number of carbonyl (C=O) groups is 1. The molecular formula is C14H13NO3S. The topological polar surface area (TPSA) is 59.4 Å². The number of nitrogens with zero attached hydrogens (tertiary/aromatic N) is 1. The number of carboxylic acid groups (broad SMARTS) is 1. The summed E-state index contributed by atoms with van der Waals surface area (Å²) in [6, 6.07) is 7.60. The summed E-state index contributed by atoms with van der Waals surface area (Å²) in [6.45, 7) is 0.604. The standard InChI is InChI=1S/C14H13NO3S/c16-14(17)6-4-11-3-5-12(10-15-11)18-8-7-13-2-1-9-19-13/h1-6,9-10H,7-8H2,(H,16,17). The van der Waals surface area contributed by atoms with E-state index < -0.39 is 5.97 Å². The molecule has 0 amide bonds. The van der Waals surface area contributed by atoms with Crippen LogP contribution in [0.2, 0.25) is 0 Å². The molecule has 0 saturated heterocycles. The first-order chi connectivity index (χ1) is 9.24. The summed E-state index contributed by atoms with van der Waals surface area (Å²) in [7, 11) is 0. The second-order valence-corrected chi connectivity index (χ2v) is 4.80. The van der Waals surface area contributed by atoms with Gasteiger partial charge in [0.05, 0.1) is 18.5 Å². The molecule has 0 aliphatic rings. The second kappa shape index (κ2) is 6.70. The zero-order valence-electron chi connectivity index (χ0n) is 10.2. The number of hydrogen-bond donors (Lipinski definition) is 1. The molecule has 0 fully saturated rings. The smallest absolute Gasteiger partial charge is 0.328 e. The molecule has 0 saturated carbocycles. The van der Waals surface area contributed by atoms with E-state index in [-0.39, 0.29) is 0 Å². The van der Waals surface area contributed by atoms with Crippen LogP contribution in [0.4, 0.5) is 0 Å². The lowest BCUT2D eigenvalue weighted by Gasteiger charge is -2.04. The number of aliphatic carboxylic acids is 1. The molecule has 98 valence electrons. The van der Waals surface area contributed by atoms with E-state index >= 15 is 0 Å². The van der Waals surface area contributed by atoms with Crippen molar-refractivity contribution in [3.8, 4) is 5.75 Å². The highest BCUT2D eigenvalue weighted by Gasteiger charge is 1.97. The highest BCUT2D eigenvalue weighted by Crippen LogP contribution is 2.13. The van der Waals surface area contributed by atoms with Crippen LogP contribution in [-0.2, 0) is 11.2 Å². The molecule has 2 heterocycles. The van der Waals surface area contributed by atoms with Gasteiger partial charge < -0.3 is 9.84 Å². The molecule has 4 nitrogen and oxygen atoms in total. The number of pyridine rings is 1. The van der Waals surface area contributed by atoms with Gasteiger partial charge in [0, 0.05) is 17.4 Å². The molecule has 0 aliphatic heterocycles. The minimum atomic E-state index is -0.988. The molecule has 0 radical (unpaired) electrons. The lowest BCUT2D eigenvalue weighted by Crippen LogP contribution is -2.00. The molecule has 2 aromatic heterocycles. The van der Waals surface area contributed by atoms with Crippen molar-refractivity contribution in [2.24, 2.45) is 0 Å². The summed E-state index contributed by atoms with van der Waals surface area (Å²) in [5.41, 5.74) is 0.591. The van der Waals surface area contributed by atoms with E-state index in [1.165, 1.54) is 11.0 Å². The van der Waals surface area contributed by atoms with Crippen LogP contribution < -0.4 is 4.74 Å². The van der Waals surface area contributed by atoms with Crippen LogP contribution in [0.3, 0.4) is 0 Å². The van der Waals surface area contributed by atoms with Crippen molar-refractivity contribution in [3.05, 3.63) is 52.5 Å². The third-order valence-corrected chi connectivity index (χ3v) is 3.29. The predicted octanol–water partition coefficient (Wildman–Crippen LogP) is 2.86. The summed E-state index contributed by atoms with van der Waals surface area (Å²) in [5.74, 6) is -0.304. The molecular weight excluding hydrogens is 262 g/mol. The maximum Gasteiger partial charge on any atom is 0.328 e. The Morgan fingerprint density at radius 3 is 2.95 bits per heavy atom. The molecule has 19 heavy (non-hydrogen) atoms. The Morgan fingerprint density at radius 2 is 2.32 bits per heavy atom. The number of hydrogen-bond acceptors (Lipinski definition) is 4. The van der Waals surface area contributed by atoms with E-state index in [0.29, 0.717) is 18.1 Å². The third-order valence-electron chi connectivity index (χ3n) is 2.35. The Kier molecular flexibility index (Phi) is 4.69. The van der Waals surface area contributed by atoms with Gasteiger partial charge in [-0.1, -0.05) is 6.07 Å². The van der Waals surface area contributed by atoms with Crippen molar-refractivity contribution in [2.45, 2.75) is 6.42 Å². The fourth-order valence-corrected chi connectivity index (χ4v) is 2.15. The van der Waals surface area contributed by atoms with E-state index in [1.54, 1.807) is 29.7 Å². The Balaban J connectivity index is 1.83. The van der Waals surface area contributed by atoms with Crippen molar-refractivity contribution < 1.29 is 14.6 Å². The Bertz CT molecular complexity index is 547. The average Bonchev–Trinajstić information content (AvgIpc) is 2.91. The normalized spacial score (nSPS) is 10.7. The molecule has 1 N–H and O–H groups in total. The van der Waals surface area contributed by atoms with Gasteiger partial charge in [0.1, 0.15) is 5.75 Å². The van der Waals surface area contributed by atoms with Gasteiger partial charge in [0.2, 0.25) is 0 Å². The highest BCUT2D eigenvalue weighted by molar-refractivity contribution is 7.09. The first-order valence-corrected chi connectivity index (χ1v) is 6.64. The zero-order chi connectivity index (χ0) is 13.5. The van der Waals surface area contributed by atoms with Crippen LogP contribution in [0.5, 0.6) is 5.75 Å².